The Kier molecular flexibility index (Phi) is 3.51. The minimum atomic E-state index is 0. The van der Waals surface area contributed by atoms with Gasteiger partial charge in [-0.1, -0.05) is 0 Å². The third kappa shape index (κ3) is 2.21. The fourth-order valence-electron chi connectivity index (χ4n) is 0.259. The molecule has 3 heteroatoms. The molecule has 1 rings (SSSR count). The van der Waals surface area contributed by atoms with Crippen molar-refractivity contribution in [3.63, 3.8) is 0 Å². The molecule has 1 aromatic heterocycles. The molecule has 0 N–H and O–H groups in total. The van der Waals surface area contributed by atoms with Gasteiger partial charge < -0.3 is 7.27 Å². The third-order valence-electron chi connectivity index (χ3n) is 0.486. The molecule has 0 atom stereocenters. The quantitative estimate of drug-likeness (QED) is 0.486. The van der Waals surface area contributed by atoms with Gasteiger partial charge in [-0.05, 0) is 23.7 Å². The molecule has 1 aromatic rings. The number of hydrogen-bond donors (Lipinski definition) is 0. The largest absolute Gasteiger partial charge is 2.00 e. The van der Waals surface area contributed by atoms with Gasteiger partial charge in [0, 0.05) is 0 Å². The van der Waals surface area contributed by atoms with Crippen LogP contribution in [0.4, 0.5) is 0 Å². The van der Waals surface area contributed by atoms with Crippen LogP contribution < -0.4 is 0 Å². The molecule has 0 fully saturated rings. The van der Waals surface area contributed by atoms with Crippen molar-refractivity contribution in [1.29, 1.82) is 0 Å². The maximum Gasteiger partial charge on any atom is 2.00 e. The van der Waals surface area contributed by atoms with Crippen molar-refractivity contribution in [1.82, 2.24) is 0 Å². The maximum atomic E-state index is 5.29. The van der Waals surface area contributed by atoms with Crippen molar-refractivity contribution >= 4 is 34.7 Å². The van der Waals surface area contributed by atoms with Gasteiger partial charge in [0.05, 0.1) is 6.26 Å². The van der Waals surface area contributed by atoms with Crippen LogP contribution in [-0.2, 0) is 0 Å². The van der Waals surface area contributed by atoms with E-state index in [9.17, 15) is 0 Å². The minimum Gasteiger partial charge on any atom is -1.00 e. The predicted molar refractivity (Wildman–Crippen MR) is 31.7 cm³/mol. The SMILES string of the molecule is Clc1ccco1.[H-].[H-].[Mg+2]. The van der Waals surface area contributed by atoms with E-state index < -0.39 is 0 Å². The Morgan fingerprint density at radius 2 is 2.43 bits per heavy atom. The molecular weight excluding hydrogens is 124 g/mol. The summed E-state index contributed by atoms with van der Waals surface area (Å²) in [6, 6.07) is 3.42. The average molecular weight is 129 g/mol. The van der Waals surface area contributed by atoms with Crippen LogP contribution in [0.1, 0.15) is 2.85 Å². The van der Waals surface area contributed by atoms with Gasteiger partial charge in [0.1, 0.15) is 0 Å². The van der Waals surface area contributed by atoms with E-state index in [4.69, 9.17) is 11.6 Å². The summed E-state index contributed by atoms with van der Waals surface area (Å²) in [7, 11) is 0. The van der Waals surface area contributed by atoms with Gasteiger partial charge in [-0.25, -0.2) is 0 Å². The van der Waals surface area contributed by atoms with Crippen molar-refractivity contribution in [3.8, 4) is 0 Å². The number of rotatable bonds is 0. The molecule has 0 saturated heterocycles. The van der Waals surface area contributed by atoms with Crippen LogP contribution in [0.25, 0.3) is 0 Å². The van der Waals surface area contributed by atoms with Crippen molar-refractivity contribution < 1.29 is 7.27 Å². The van der Waals surface area contributed by atoms with Gasteiger partial charge in [-0.3, -0.25) is 0 Å². The molecule has 0 aliphatic carbocycles. The third-order valence-corrected chi connectivity index (χ3v) is 0.702. The van der Waals surface area contributed by atoms with E-state index in [2.05, 4.69) is 4.42 Å². The smallest absolute Gasteiger partial charge is 1.00 e. The van der Waals surface area contributed by atoms with Gasteiger partial charge in [-0.2, -0.15) is 0 Å². The van der Waals surface area contributed by atoms with E-state index in [1.807, 2.05) is 0 Å². The van der Waals surface area contributed by atoms with Crippen LogP contribution >= 0.6 is 11.6 Å². The molecule has 0 radical (unpaired) electrons. The summed E-state index contributed by atoms with van der Waals surface area (Å²) in [5, 5.41) is 0.440. The molecule has 0 aromatic carbocycles. The van der Waals surface area contributed by atoms with Crippen LogP contribution in [0.3, 0.4) is 0 Å². The monoisotopic (exact) mass is 128 g/mol. The second-order valence-corrected chi connectivity index (χ2v) is 1.29. The van der Waals surface area contributed by atoms with E-state index in [0.29, 0.717) is 5.22 Å². The zero-order chi connectivity index (χ0) is 4.41. The molecular formula is C4H5ClMgO. The number of furan rings is 1. The molecule has 0 unspecified atom stereocenters. The van der Waals surface area contributed by atoms with Crippen LogP contribution in [0.5, 0.6) is 0 Å². The first kappa shape index (κ1) is 7.34. The summed E-state index contributed by atoms with van der Waals surface area (Å²) in [4.78, 5) is 0. The van der Waals surface area contributed by atoms with Crippen molar-refractivity contribution in [2.45, 2.75) is 0 Å². The molecule has 36 valence electrons. The molecule has 1 nitrogen and oxygen atoms in total. The Hall–Kier alpha value is 0.336. The number of hydrogen-bond acceptors (Lipinski definition) is 1. The number of halogens is 1. The van der Waals surface area contributed by atoms with E-state index in [0.717, 1.165) is 0 Å². The van der Waals surface area contributed by atoms with Crippen molar-refractivity contribution in [3.05, 3.63) is 23.6 Å². The van der Waals surface area contributed by atoms with Gasteiger partial charge in [-0.15, -0.1) is 0 Å². The molecule has 0 spiro atoms. The summed E-state index contributed by atoms with van der Waals surface area (Å²) in [6.07, 6.45) is 1.53. The fraction of sp³-hybridized carbons (Fsp3) is 0. The average Bonchev–Trinajstić information content (AvgIpc) is 1.86. The van der Waals surface area contributed by atoms with Gasteiger partial charge in [0.2, 0.25) is 0 Å². The molecule has 0 saturated carbocycles. The molecule has 0 aliphatic rings. The van der Waals surface area contributed by atoms with Gasteiger partial charge in [0.25, 0.3) is 0 Å². The molecule has 0 aliphatic heterocycles. The minimum absolute atomic E-state index is 0. The van der Waals surface area contributed by atoms with E-state index in [1.54, 1.807) is 12.1 Å². The zero-order valence-electron chi connectivity index (χ0n) is 5.73. The predicted octanol–water partition coefficient (Wildman–Crippen LogP) is 1.78. The molecule has 1 heterocycles. The van der Waals surface area contributed by atoms with Crippen molar-refractivity contribution in [2.24, 2.45) is 0 Å². The summed E-state index contributed by atoms with van der Waals surface area (Å²) in [5.41, 5.74) is 0. The normalized spacial score (nSPS) is 7.57. The first-order chi connectivity index (χ1) is 2.89. The topological polar surface area (TPSA) is 13.1 Å². The molecule has 0 amide bonds. The van der Waals surface area contributed by atoms with Gasteiger partial charge in [0.15, 0.2) is 5.22 Å². The van der Waals surface area contributed by atoms with E-state index in [1.165, 1.54) is 6.26 Å². The van der Waals surface area contributed by atoms with Crippen LogP contribution in [0.15, 0.2) is 22.8 Å². The van der Waals surface area contributed by atoms with Gasteiger partial charge >= 0.3 is 23.1 Å². The van der Waals surface area contributed by atoms with Crippen molar-refractivity contribution in [2.75, 3.05) is 0 Å². The maximum absolute atomic E-state index is 5.29. The second kappa shape index (κ2) is 3.35. The Labute approximate surface area is 65.8 Å². The van der Waals surface area contributed by atoms with E-state index >= 15 is 0 Å². The first-order valence-electron chi connectivity index (χ1n) is 1.58. The summed E-state index contributed by atoms with van der Waals surface area (Å²) in [5.74, 6) is 0. The Morgan fingerprint density at radius 3 is 2.57 bits per heavy atom. The second-order valence-electron chi connectivity index (χ2n) is 0.917. The van der Waals surface area contributed by atoms with Crippen LogP contribution in [-0.4, -0.2) is 23.1 Å². The molecule has 0 bridgehead atoms. The van der Waals surface area contributed by atoms with Crippen LogP contribution in [0.2, 0.25) is 5.22 Å². The summed E-state index contributed by atoms with van der Waals surface area (Å²) in [6.45, 7) is 0. The standard InChI is InChI=1S/C4H3ClO.Mg.2H/c5-4-2-1-3-6-4;;;/h1-3H;;;/q;+2;2*-1. The summed E-state index contributed by atoms with van der Waals surface area (Å²) < 4.78 is 4.60. The molecule has 7 heavy (non-hydrogen) atoms. The Bertz CT molecular complexity index is 122. The first-order valence-corrected chi connectivity index (χ1v) is 1.96. The zero-order valence-corrected chi connectivity index (χ0v) is 5.90. The summed E-state index contributed by atoms with van der Waals surface area (Å²) >= 11 is 5.29. The fourth-order valence-corrected chi connectivity index (χ4v) is 0.383. The van der Waals surface area contributed by atoms with Crippen LogP contribution in [0, 0.1) is 0 Å². The Balaban J connectivity index is -0.000000120. The Morgan fingerprint density at radius 1 is 1.71 bits per heavy atom. The van der Waals surface area contributed by atoms with E-state index in [-0.39, 0.29) is 25.9 Å².